The van der Waals surface area contributed by atoms with Gasteiger partial charge in [-0.05, 0) is 44.9 Å². The van der Waals surface area contributed by atoms with Crippen LogP contribution in [-0.4, -0.2) is 23.0 Å². The molecule has 5 N–H and O–H groups in total. The van der Waals surface area contributed by atoms with E-state index in [1.807, 2.05) is 6.07 Å². The molecule has 1 aromatic rings. The number of hydrogen-bond acceptors (Lipinski definition) is 4. The van der Waals surface area contributed by atoms with E-state index in [1.165, 1.54) is 19.3 Å². The molecule has 0 bridgehead atoms. The molecule has 1 aliphatic rings. The molecule has 0 radical (unpaired) electrons. The maximum Gasteiger partial charge on any atom is 0.250 e. The zero-order valence-corrected chi connectivity index (χ0v) is 11.5. The van der Waals surface area contributed by atoms with Crippen LogP contribution >= 0.6 is 0 Å². The predicted molar refractivity (Wildman–Crippen MR) is 77.6 cm³/mol. The van der Waals surface area contributed by atoms with E-state index in [0.29, 0.717) is 23.3 Å². The van der Waals surface area contributed by atoms with Crippen molar-refractivity contribution in [3.8, 4) is 0 Å². The van der Waals surface area contributed by atoms with E-state index in [4.69, 9.17) is 11.5 Å². The number of nitrogens with zero attached hydrogens (tertiary/aromatic N) is 1. The van der Waals surface area contributed by atoms with Crippen LogP contribution in [0.3, 0.4) is 0 Å². The monoisotopic (exact) mass is 262 g/mol. The number of anilines is 2. The van der Waals surface area contributed by atoms with Gasteiger partial charge in [-0.2, -0.15) is 0 Å². The van der Waals surface area contributed by atoms with E-state index in [-0.39, 0.29) is 0 Å². The standard InChI is InChI=1S/C14H22N4O/c1-9-4-3-5-10(2)18(9)17-11-6-7-13(15)12(8-11)14(16)19/h6-10,17H,3-5,15H2,1-2H3,(H2,16,19). The molecule has 0 aliphatic carbocycles. The van der Waals surface area contributed by atoms with Crippen LogP contribution in [-0.2, 0) is 0 Å². The Morgan fingerprint density at radius 3 is 2.53 bits per heavy atom. The molecule has 1 heterocycles. The van der Waals surface area contributed by atoms with Gasteiger partial charge in [-0.3, -0.25) is 4.79 Å². The van der Waals surface area contributed by atoms with Crippen LogP contribution in [0, 0.1) is 0 Å². The largest absolute Gasteiger partial charge is 0.398 e. The van der Waals surface area contributed by atoms with Gasteiger partial charge in [0.15, 0.2) is 0 Å². The summed E-state index contributed by atoms with van der Waals surface area (Å²) in [6, 6.07) is 6.24. The van der Waals surface area contributed by atoms with Crippen molar-refractivity contribution in [1.82, 2.24) is 5.01 Å². The molecule has 5 nitrogen and oxygen atoms in total. The molecule has 1 saturated heterocycles. The second kappa shape index (κ2) is 5.48. The zero-order valence-electron chi connectivity index (χ0n) is 11.5. The summed E-state index contributed by atoms with van der Waals surface area (Å²) >= 11 is 0. The molecule has 2 rings (SSSR count). The van der Waals surface area contributed by atoms with Crippen molar-refractivity contribution < 1.29 is 4.79 Å². The maximum atomic E-state index is 11.3. The van der Waals surface area contributed by atoms with Crippen molar-refractivity contribution >= 4 is 17.3 Å². The number of nitrogen functional groups attached to an aromatic ring is 1. The minimum Gasteiger partial charge on any atom is -0.398 e. The summed E-state index contributed by atoms with van der Waals surface area (Å²) in [5.74, 6) is -0.499. The molecule has 1 aliphatic heterocycles. The van der Waals surface area contributed by atoms with E-state index >= 15 is 0 Å². The van der Waals surface area contributed by atoms with Gasteiger partial charge >= 0.3 is 0 Å². The molecule has 2 atom stereocenters. The maximum absolute atomic E-state index is 11.3. The molecule has 104 valence electrons. The van der Waals surface area contributed by atoms with Crippen molar-refractivity contribution in [2.75, 3.05) is 11.2 Å². The lowest BCUT2D eigenvalue weighted by molar-refractivity contribution is 0.100. The molecule has 5 heteroatoms. The SMILES string of the molecule is CC1CCCC(C)N1Nc1ccc(N)c(C(N)=O)c1. The fourth-order valence-corrected chi connectivity index (χ4v) is 2.63. The van der Waals surface area contributed by atoms with Crippen molar-refractivity contribution in [2.45, 2.75) is 45.2 Å². The van der Waals surface area contributed by atoms with Crippen molar-refractivity contribution in [2.24, 2.45) is 5.73 Å². The molecule has 0 aromatic heterocycles. The molecule has 19 heavy (non-hydrogen) atoms. The number of nitrogens with one attached hydrogen (secondary N) is 1. The highest BCUT2D eigenvalue weighted by molar-refractivity contribution is 5.98. The van der Waals surface area contributed by atoms with Gasteiger partial charge in [-0.15, -0.1) is 0 Å². The summed E-state index contributed by atoms with van der Waals surface area (Å²) in [6.45, 7) is 4.41. The molecule has 2 unspecified atom stereocenters. The van der Waals surface area contributed by atoms with Gasteiger partial charge in [0.1, 0.15) is 0 Å². The number of hydrogen-bond donors (Lipinski definition) is 3. The number of carbonyl (C=O) groups excluding carboxylic acids is 1. The first-order valence-corrected chi connectivity index (χ1v) is 6.73. The number of nitrogens with two attached hydrogens (primary N) is 2. The third kappa shape index (κ3) is 2.98. The van der Waals surface area contributed by atoms with Gasteiger partial charge in [-0.25, -0.2) is 5.01 Å². The summed E-state index contributed by atoms with van der Waals surface area (Å²) in [5.41, 5.74) is 16.0. The minimum atomic E-state index is -0.499. The number of benzene rings is 1. The summed E-state index contributed by atoms with van der Waals surface area (Å²) in [6.07, 6.45) is 3.61. The smallest absolute Gasteiger partial charge is 0.250 e. The fourth-order valence-electron chi connectivity index (χ4n) is 2.63. The number of piperidine rings is 1. The van der Waals surface area contributed by atoms with Crippen LogP contribution in [0.5, 0.6) is 0 Å². The molecule has 1 aromatic carbocycles. The zero-order chi connectivity index (χ0) is 14.0. The average molecular weight is 262 g/mol. The van der Waals surface area contributed by atoms with Gasteiger partial charge < -0.3 is 16.9 Å². The van der Waals surface area contributed by atoms with Gasteiger partial charge in [-0.1, -0.05) is 6.42 Å². The van der Waals surface area contributed by atoms with E-state index in [2.05, 4.69) is 24.3 Å². The van der Waals surface area contributed by atoms with E-state index in [1.54, 1.807) is 12.1 Å². The van der Waals surface area contributed by atoms with E-state index in [9.17, 15) is 4.79 Å². The summed E-state index contributed by atoms with van der Waals surface area (Å²) < 4.78 is 0. The van der Waals surface area contributed by atoms with Crippen molar-refractivity contribution in [3.63, 3.8) is 0 Å². The van der Waals surface area contributed by atoms with Crippen LogP contribution in [0.15, 0.2) is 18.2 Å². The lowest BCUT2D eigenvalue weighted by atomic mass is 10.00. The van der Waals surface area contributed by atoms with Crippen molar-refractivity contribution in [1.29, 1.82) is 0 Å². The van der Waals surface area contributed by atoms with Crippen LogP contribution in [0.1, 0.15) is 43.5 Å². The average Bonchev–Trinajstić information content (AvgIpc) is 2.35. The predicted octanol–water partition coefficient (Wildman–Crippen LogP) is 1.96. The molecule has 1 fully saturated rings. The van der Waals surface area contributed by atoms with Gasteiger partial charge in [0, 0.05) is 23.5 Å². The molecular formula is C14H22N4O. The lowest BCUT2D eigenvalue weighted by Crippen LogP contribution is -2.47. The highest BCUT2D eigenvalue weighted by atomic mass is 16.1. The molecule has 0 spiro atoms. The number of rotatable bonds is 3. The Hall–Kier alpha value is -1.75. The first-order valence-electron chi connectivity index (χ1n) is 6.73. The lowest BCUT2D eigenvalue weighted by Gasteiger charge is -2.39. The Labute approximate surface area is 113 Å². The normalized spacial score (nSPS) is 24.1. The van der Waals surface area contributed by atoms with Gasteiger partial charge in [0.25, 0.3) is 5.91 Å². The van der Waals surface area contributed by atoms with Crippen LogP contribution < -0.4 is 16.9 Å². The minimum absolute atomic E-state index is 0.363. The van der Waals surface area contributed by atoms with Gasteiger partial charge in [0.05, 0.1) is 5.56 Å². The summed E-state index contributed by atoms with van der Waals surface area (Å²) in [5, 5.41) is 2.24. The quantitative estimate of drug-likeness (QED) is 0.727. The Morgan fingerprint density at radius 1 is 1.32 bits per heavy atom. The second-order valence-corrected chi connectivity index (χ2v) is 5.31. The third-order valence-electron chi connectivity index (χ3n) is 3.77. The first kappa shape index (κ1) is 13.7. The Kier molecular flexibility index (Phi) is 3.95. The molecule has 1 amide bonds. The Bertz CT molecular complexity index is 465. The number of amides is 1. The second-order valence-electron chi connectivity index (χ2n) is 5.31. The van der Waals surface area contributed by atoms with E-state index in [0.717, 1.165) is 5.69 Å². The number of carbonyl (C=O) groups is 1. The van der Waals surface area contributed by atoms with Crippen LogP contribution in [0.25, 0.3) is 0 Å². The van der Waals surface area contributed by atoms with Crippen LogP contribution in [0.4, 0.5) is 11.4 Å². The number of primary amides is 1. The third-order valence-corrected chi connectivity index (χ3v) is 3.77. The Balaban J connectivity index is 2.18. The highest BCUT2D eigenvalue weighted by Gasteiger charge is 2.24. The van der Waals surface area contributed by atoms with E-state index < -0.39 is 5.91 Å². The van der Waals surface area contributed by atoms with Crippen LogP contribution in [0.2, 0.25) is 0 Å². The highest BCUT2D eigenvalue weighted by Crippen LogP contribution is 2.25. The van der Waals surface area contributed by atoms with Gasteiger partial charge in [0.2, 0.25) is 0 Å². The van der Waals surface area contributed by atoms with Crippen molar-refractivity contribution in [3.05, 3.63) is 23.8 Å². The summed E-state index contributed by atoms with van der Waals surface area (Å²) in [4.78, 5) is 11.3. The topological polar surface area (TPSA) is 84.4 Å². The fraction of sp³-hybridized carbons (Fsp3) is 0.500. The Morgan fingerprint density at radius 2 is 1.95 bits per heavy atom. The first-order chi connectivity index (χ1) is 8.99. The molecule has 0 saturated carbocycles. The summed E-state index contributed by atoms with van der Waals surface area (Å²) in [7, 11) is 0. The molecular weight excluding hydrogens is 240 g/mol. The number of hydrazine groups is 1.